The Morgan fingerprint density at radius 3 is 2.80 bits per heavy atom. The molecule has 0 saturated carbocycles. The van der Waals surface area contributed by atoms with E-state index in [0.717, 1.165) is 60.3 Å². The minimum absolute atomic E-state index is 0.0464. The molecule has 1 fully saturated rings. The molecule has 1 aliphatic heterocycles. The van der Waals surface area contributed by atoms with Crippen LogP contribution in [0.25, 0.3) is 10.9 Å². The van der Waals surface area contributed by atoms with Gasteiger partial charge in [0.15, 0.2) is 5.82 Å². The number of aromatic nitrogens is 5. The number of pyridine rings is 1. The van der Waals surface area contributed by atoms with Crippen LogP contribution in [0, 0.1) is 13.8 Å². The van der Waals surface area contributed by atoms with Crippen molar-refractivity contribution in [2.75, 3.05) is 13.2 Å². The Hall–Kier alpha value is -3.36. The Kier molecular flexibility index (Phi) is 7.01. The fourth-order valence-corrected chi connectivity index (χ4v) is 4.73. The highest BCUT2D eigenvalue weighted by Gasteiger charge is 2.20. The predicted octanol–water partition coefficient (Wildman–Crippen LogP) is 3.56. The summed E-state index contributed by atoms with van der Waals surface area (Å²) in [6.45, 7) is 7.41. The molecule has 1 aliphatic rings. The fourth-order valence-electron chi connectivity index (χ4n) is 4.73. The molecular formula is C27H32N6O2. The third-order valence-electron chi connectivity index (χ3n) is 6.95. The Bertz CT molecular complexity index is 1340. The van der Waals surface area contributed by atoms with E-state index < -0.39 is 0 Å². The molecule has 0 unspecified atom stereocenters. The van der Waals surface area contributed by atoms with Gasteiger partial charge in [-0.1, -0.05) is 42.5 Å². The number of hydrogen-bond acceptors (Lipinski definition) is 6. The van der Waals surface area contributed by atoms with Crippen LogP contribution >= 0.6 is 0 Å². The Morgan fingerprint density at radius 2 is 2.00 bits per heavy atom. The van der Waals surface area contributed by atoms with Gasteiger partial charge in [0.25, 0.3) is 5.56 Å². The second-order valence-electron chi connectivity index (χ2n) is 9.45. The first-order valence-electron chi connectivity index (χ1n) is 12.3. The van der Waals surface area contributed by atoms with Crippen LogP contribution in [0.4, 0.5) is 0 Å². The van der Waals surface area contributed by atoms with Gasteiger partial charge in [0, 0.05) is 25.3 Å². The first-order chi connectivity index (χ1) is 17.1. The number of hydrogen-bond donors (Lipinski definition) is 1. The van der Waals surface area contributed by atoms with E-state index in [1.54, 1.807) is 0 Å². The highest BCUT2D eigenvalue weighted by atomic mass is 16.5. The molecule has 0 spiro atoms. The SMILES string of the molecule is Cc1ccc2cc(CN(CCc3ccccc3)Cc3nnnn3C[C@@H]3CCCO3)c(=O)[nH]c2c1C. The smallest absolute Gasteiger partial charge is 0.252 e. The van der Waals surface area contributed by atoms with Gasteiger partial charge in [0.2, 0.25) is 0 Å². The third kappa shape index (κ3) is 5.49. The third-order valence-corrected chi connectivity index (χ3v) is 6.95. The topological polar surface area (TPSA) is 88.9 Å². The first kappa shape index (κ1) is 23.4. The quantitative estimate of drug-likeness (QED) is 0.401. The first-order valence-corrected chi connectivity index (χ1v) is 12.3. The van der Waals surface area contributed by atoms with E-state index in [4.69, 9.17) is 4.74 Å². The molecule has 8 heteroatoms. The van der Waals surface area contributed by atoms with Gasteiger partial charge in [0.1, 0.15) is 0 Å². The van der Waals surface area contributed by atoms with Crippen molar-refractivity contribution in [3.63, 3.8) is 0 Å². The average Bonchev–Trinajstić information content (AvgIpc) is 3.54. The number of aryl methyl sites for hydroxylation is 2. The monoisotopic (exact) mass is 472 g/mol. The molecule has 4 aromatic rings. The van der Waals surface area contributed by atoms with Gasteiger partial charge in [-0.25, -0.2) is 4.68 Å². The van der Waals surface area contributed by atoms with E-state index in [9.17, 15) is 4.79 Å². The second-order valence-corrected chi connectivity index (χ2v) is 9.45. The van der Waals surface area contributed by atoms with Crippen LogP contribution in [0.2, 0.25) is 0 Å². The standard InChI is InChI=1S/C27H32N6O2/c1-19-10-11-22-15-23(27(34)28-26(22)20(19)2)16-32(13-12-21-7-4-3-5-8-21)18-25-29-30-31-33(25)17-24-9-6-14-35-24/h3-5,7-8,10-11,15,24H,6,9,12-14,16-18H2,1-2H3,(H,28,34)/t24-/m0/s1. The largest absolute Gasteiger partial charge is 0.376 e. The molecule has 3 heterocycles. The summed E-state index contributed by atoms with van der Waals surface area (Å²) < 4.78 is 7.64. The van der Waals surface area contributed by atoms with Gasteiger partial charge < -0.3 is 9.72 Å². The highest BCUT2D eigenvalue weighted by Crippen LogP contribution is 2.20. The van der Waals surface area contributed by atoms with Gasteiger partial charge in [0.05, 0.1) is 24.7 Å². The predicted molar refractivity (Wildman–Crippen MR) is 135 cm³/mol. The van der Waals surface area contributed by atoms with E-state index >= 15 is 0 Å². The minimum Gasteiger partial charge on any atom is -0.376 e. The van der Waals surface area contributed by atoms with Gasteiger partial charge in [-0.3, -0.25) is 9.69 Å². The van der Waals surface area contributed by atoms with Crippen molar-refractivity contribution in [1.29, 1.82) is 0 Å². The van der Waals surface area contributed by atoms with Crippen molar-refractivity contribution >= 4 is 10.9 Å². The van der Waals surface area contributed by atoms with Crippen LogP contribution in [0.3, 0.4) is 0 Å². The zero-order chi connectivity index (χ0) is 24.2. The number of tetrazole rings is 1. The number of ether oxygens (including phenoxy) is 1. The van der Waals surface area contributed by atoms with Crippen LogP contribution in [0.15, 0.2) is 53.3 Å². The van der Waals surface area contributed by atoms with Crippen molar-refractivity contribution in [2.24, 2.45) is 0 Å². The molecule has 182 valence electrons. The summed E-state index contributed by atoms with van der Waals surface area (Å²) in [6, 6.07) is 16.6. The molecule has 1 atom stereocenters. The summed E-state index contributed by atoms with van der Waals surface area (Å²) in [4.78, 5) is 18.4. The van der Waals surface area contributed by atoms with E-state index in [1.165, 1.54) is 11.1 Å². The van der Waals surface area contributed by atoms with Crippen LogP contribution in [0.5, 0.6) is 0 Å². The number of benzene rings is 2. The number of H-pyrrole nitrogens is 1. The van der Waals surface area contributed by atoms with Crippen LogP contribution in [-0.2, 0) is 30.8 Å². The van der Waals surface area contributed by atoms with Gasteiger partial charge in [-0.05, 0) is 71.7 Å². The fraction of sp³-hybridized carbons (Fsp3) is 0.407. The molecular weight excluding hydrogens is 440 g/mol. The molecule has 2 aromatic carbocycles. The van der Waals surface area contributed by atoms with Gasteiger partial charge in [-0.15, -0.1) is 5.10 Å². The Labute approximate surface area is 204 Å². The number of nitrogens with one attached hydrogen (secondary N) is 1. The molecule has 0 radical (unpaired) electrons. The van der Waals surface area contributed by atoms with Crippen molar-refractivity contribution in [2.45, 2.75) is 58.8 Å². The van der Waals surface area contributed by atoms with E-state index in [1.807, 2.05) is 23.7 Å². The normalized spacial score (nSPS) is 15.9. The maximum atomic E-state index is 13.1. The summed E-state index contributed by atoms with van der Waals surface area (Å²) >= 11 is 0. The van der Waals surface area contributed by atoms with Crippen LogP contribution in [-0.4, -0.2) is 49.3 Å². The Morgan fingerprint density at radius 1 is 1.14 bits per heavy atom. The van der Waals surface area contributed by atoms with Crippen molar-refractivity contribution < 1.29 is 4.74 Å². The second kappa shape index (κ2) is 10.5. The molecule has 5 rings (SSSR count). The van der Waals surface area contributed by atoms with Crippen LogP contribution < -0.4 is 5.56 Å². The lowest BCUT2D eigenvalue weighted by molar-refractivity contribution is 0.0916. The maximum Gasteiger partial charge on any atom is 0.252 e. The highest BCUT2D eigenvalue weighted by molar-refractivity contribution is 5.83. The summed E-state index contributed by atoms with van der Waals surface area (Å²) in [6.07, 6.45) is 3.14. The van der Waals surface area contributed by atoms with Crippen molar-refractivity contribution in [3.05, 3.63) is 87.0 Å². The van der Waals surface area contributed by atoms with Gasteiger partial charge in [-0.2, -0.15) is 0 Å². The lowest BCUT2D eigenvalue weighted by Gasteiger charge is -2.22. The molecule has 2 aromatic heterocycles. The molecule has 1 N–H and O–H groups in total. The van der Waals surface area contributed by atoms with E-state index in [0.29, 0.717) is 19.6 Å². The minimum atomic E-state index is -0.0464. The van der Waals surface area contributed by atoms with Gasteiger partial charge >= 0.3 is 0 Å². The summed E-state index contributed by atoms with van der Waals surface area (Å²) in [5.41, 5.74) is 5.15. The van der Waals surface area contributed by atoms with Crippen molar-refractivity contribution in [3.8, 4) is 0 Å². The van der Waals surface area contributed by atoms with Crippen molar-refractivity contribution in [1.82, 2.24) is 30.1 Å². The zero-order valence-electron chi connectivity index (χ0n) is 20.4. The summed E-state index contributed by atoms with van der Waals surface area (Å²) in [5.74, 6) is 0.789. The molecule has 0 bridgehead atoms. The van der Waals surface area contributed by atoms with Crippen LogP contribution in [0.1, 0.15) is 40.9 Å². The number of rotatable bonds is 9. The summed E-state index contributed by atoms with van der Waals surface area (Å²) in [7, 11) is 0. The molecule has 35 heavy (non-hydrogen) atoms. The maximum absolute atomic E-state index is 13.1. The number of nitrogens with zero attached hydrogens (tertiary/aromatic N) is 5. The zero-order valence-corrected chi connectivity index (χ0v) is 20.4. The number of aromatic amines is 1. The average molecular weight is 473 g/mol. The number of fused-ring (bicyclic) bond motifs is 1. The lowest BCUT2D eigenvalue weighted by atomic mass is 10.0. The van der Waals surface area contributed by atoms with E-state index in [-0.39, 0.29) is 11.7 Å². The van der Waals surface area contributed by atoms with E-state index in [2.05, 4.69) is 68.7 Å². The summed E-state index contributed by atoms with van der Waals surface area (Å²) in [5, 5.41) is 13.5. The lowest BCUT2D eigenvalue weighted by Crippen LogP contribution is -2.30. The molecule has 8 nitrogen and oxygen atoms in total. The molecule has 0 aliphatic carbocycles. The Balaban J connectivity index is 1.39. The molecule has 1 saturated heterocycles. The molecule has 0 amide bonds.